The van der Waals surface area contributed by atoms with Crippen molar-refractivity contribution in [1.29, 1.82) is 0 Å². The Bertz CT molecular complexity index is 268. The maximum absolute atomic E-state index is 11.8. The molecule has 1 unspecified atom stereocenters. The Morgan fingerprint density at radius 2 is 1.89 bits per heavy atom. The zero-order valence-corrected chi connectivity index (χ0v) is 11.7. The van der Waals surface area contributed by atoms with E-state index >= 15 is 0 Å². The molecule has 1 amide bonds. The van der Waals surface area contributed by atoms with Crippen LogP contribution in [0, 0.1) is 5.92 Å². The molecule has 18 heavy (non-hydrogen) atoms. The average Bonchev–Trinajstić information content (AvgIpc) is 2.34. The first-order chi connectivity index (χ1) is 8.43. The van der Waals surface area contributed by atoms with Gasteiger partial charge in [-0.05, 0) is 19.3 Å². The molecule has 0 fully saturated rings. The topological polar surface area (TPSA) is 75.6 Å². The summed E-state index contributed by atoms with van der Waals surface area (Å²) in [7, 11) is 0. The predicted molar refractivity (Wildman–Crippen MR) is 69.3 cm³/mol. The molecule has 5 nitrogen and oxygen atoms in total. The third-order valence-corrected chi connectivity index (χ3v) is 3.01. The fourth-order valence-electron chi connectivity index (χ4n) is 1.43. The number of aliphatic carboxylic acids is 1. The third-order valence-electron chi connectivity index (χ3n) is 3.01. The molecule has 2 N–H and O–H groups in total. The van der Waals surface area contributed by atoms with Gasteiger partial charge in [0.15, 0.2) is 0 Å². The largest absolute Gasteiger partial charge is 0.480 e. The second kappa shape index (κ2) is 8.91. The van der Waals surface area contributed by atoms with Gasteiger partial charge in [-0.2, -0.15) is 0 Å². The lowest BCUT2D eigenvalue weighted by atomic mass is 9.99. The lowest BCUT2D eigenvalue weighted by Crippen LogP contribution is -2.48. The van der Waals surface area contributed by atoms with Crippen LogP contribution in [0.25, 0.3) is 0 Å². The fraction of sp³-hybridized carbons (Fsp3) is 0.846. The molecule has 0 aromatic heterocycles. The molecule has 3 atom stereocenters. The molecule has 0 heterocycles. The smallest absolute Gasteiger partial charge is 0.326 e. The SMILES string of the molecule is CCCCOC(C)C(=O)N[C@H](C(=O)O)[C@@H](C)CC. The molecule has 0 saturated heterocycles. The van der Waals surface area contributed by atoms with Crippen LogP contribution in [0.4, 0.5) is 0 Å². The molecular formula is C13H25NO4. The zero-order valence-electron chi connectivity index (χ0n) is 11.7. The molecule has 0 aliphatic carbocycles. The van der Waals surface area contributed by atoms with E-state index in [9.17, 15) is 9.59 Å². The second-order valence-electron chi connectivity index (χ2n) is 4.58. The number of rotatable bonds is 9. The number of carbonyl (C=O) groups is 2. The maximum Gasteiger partial charge on any atom is 0.326 e. The van der Waals surface area contributed by atoms with Crippen LogP contribution in [0.3, 0.4) is 0 Å². The summed E-state index contributed by atoms with van der Waals surface area (Å²) in [4.78, 5) is 22.8. The zero-order chi connectivity index (χ0) is 14.1. The summed E-state index contributed by atoms with van der Waals surface area (Å²) in [6.45, 7) is 7.90. The van der Waals surface area contributed by atoms with Crippen LogP contribution < -0.4 is 5.32 Å². The van der Waals surface area contributed by atoms with Crippen molar-refractivity contribution >= 4 is 11.9 Å². The monoisotopic (exact) mass is 259 g/mol. The Hall–Kier alpha value is -1.10. The second-order valence-corrected chi connectivity index (χ2v) is 4.58. The summed E-state index contributed by atoms with van der Waals surface area (Å²) in [5.74, 6) is -1.47. The lowest BCUT2D eigenvalue weighted by molar-refractivity contribution is -0.145. The summed E-state index contributed by atoms with van der Waals surface area (Å²) >= 11 is 0. The van der Waals surface area contributed by atoms with Crippen molar-refractivity contribution in [1.82, 2.24) is 5.32 Å². The number of carboxylic acids is 1. The Kier molecular flexibility index (Phi) is 8.37. The molecule has 5 heteroatoms. The number of carboxylic acid groups (broad SMARTS) is 1. The van der Waals surface area contributed by atoms with E-state index in [2.05, 4.69) is 5.32 Å². The highest BCUT2D eigenvalue weighted by atomic mass is 16.5. The Morgan fingerprint density at radius 3 is 2.33 bits per heavy atom. The third kappa shape index (κ3) is 6.00. The molecule has 0 aromatic carbocycles. The molecule has 0 rings (SSSR count). The lowest BCUT2D eigenvalue weighted by Gasteiger charge is -2.22. The van der Waals surface area contributed by atoms with E-state index in [1.807, 2.05) is 20.8 Å². The van der Waals surface area contributed by atoms with Crippen molar-refractivity contribution in [3.63, 3.8) is 0 Å². The number of nitrogens with one attached hydrogen (secondary N) is 1. The van der Waals surface area contributed by atoms with Crippen LogP contribution in [0.15, 0.2) is 0 Å². The van der Waals surface area contributed by atoms with Gasteiger partial charge in [0.2, 0.25) is 5.91 Å². The molecule has 106 valence electrons. The molecule has 0 aliphatic rings. The van der Waals surface area contributed by atoms with Gasteiger partial charge in [0.1, 0.15) is 12.1 Å². The highest BCUT2D eigenvalue weighted by molar-refractivity contribution is 5.86. The van der Waals surface area contributed by atoms with Gasteiger partial charge in [0.25, 0.3) is 0 Å². The van der Waals surface area contributed by atoms with Crippen LogP contribution in [-0.4, -0.2) is 35.7 Å². The number of hydrogen-bond donors (Lipinski definition) is 2. The summed E-state index contributed by atoms with van der Waals surface area (Å²) < 4.78 is 5.33. The van der Waals surface area contributed by atoms with E-state index in [1.54, 1.807) is 6.92 Å². The van der Waals surface area contributed by atoms with Crippen LogP contribution in [0.5, 0.6) is 0 Å². The predicted octanol–water partition coefficient (Wildman–Crippen LogP) is 1.81. The number of ether oxygens (including phenoxy) is 1. The van der Waals surface area contributed by atoms with Crippen LogP contribution in [0.2, 0.25) is 0 Å². The number of carbonyl (C=O) groups excluding carboxylic acids is 1. The van der Waals surface area contributed by atoms with Gasteiger partial charge in [0, 0.05) is 6.61 Å². The van der Waals surface area contributed by atoms with E-state index in [0.29, 0.717) is 13.0 Å². The highest BCUT2D eigenvalue weighted by Crippen LogP contribution is 2.08. The number of hydrogen-bond acceptors (Lipinski definition) is 3. The fourth-order valence-corrected chi connectivity index (χ4v) is 1.43. The van der Waals surface area contributed by atoms with Gasteiger partial charge < -0.3 is 15.2 Å². The first-order valence-electron chi connectivity index (χ1n) is 6.58. The molecular weight excluding hydrogens is 234 g/mol. The summed E-state index contributed by atoms with van der Waals surface area (Å²) in [6, 6.07) is -0.847. The normalized spacial score (nSPS) is 15.8. The molecule has 0 saturated carbocycles. The van der Waals surface area contributed by atoms with Gasteiger partial charge in [-0.3, -0.25) is 4.79 Å². The molecule has 0 spiro atoms. The van der Waals surface area contributed by atoms with E-state index in [0.717, 1.165) is 12.8 Å². The van der Waals surface area contributed by atoms with Gasteiger partial charge >= 0.3 is 5.97 Å². The Balaban J connectivity index is 4.28. The molecule has 0 radical (unpaired) electrons. The van der Waals surface area contributed by atoms with Gasteiger partial charge in [-0.25, -0.2) is 4.79 Å². The van der Waals surface area contributed by atoms with Crippen LogP contribution >= 0.6 is 0 Å². The van der Waals surface area contributed by atoms with Crippen LogP contribution in [-0.2, 0) is 14.3 Å². The summed E-state index contributed by atoms with van der Waals surface area (Å²) in [5, 5.41) is 11.6. The van der Waals surface area contributed by atoms with Crippen molar-refractivity contribution in [3.8, 4) is 0 Å². The van der Waals surface area contributed by atoms with E-state index in [4.69, 9.17) is 9.84 Å². The van der Waals surface area contributed by atoms with Gasteiger partial charge in [-0.15, -0.1) is 0 Å². The van der Waals surface area contributed by atoms with Crippen LogP contribution in [0.1, 0.15) is 47.0 Å². The first-order valence-corrected chi connectivity index (χ1v) is 6.58. The van der Waals surface area contributed by atoms with Crippen molar-refractivity contribution in [2.45, 2.75) is 59.1 Å². The van der Waals surface area contributed by atoms with E-state index in [1.165, 1.54) is 0 Å². The summed E-state index contributed by atoms with van der Waals surface area (Å²) in [6.07, 6.45) is 1.98. The van der Waals surface area contributed by atoms with Crippen molar-refractivity contribution in [2.75, 3.05) is 6.61 Å². The van der Waals surface area contributed by atoms with Crippen molar-refractivity contribution in [3.05, 3.63) is 0 Å². The van der Waals surface area contributed by atoms with Crippen molar-refractivity contribution in [2.24, 2.45) is 5.92 Å². The Labute approximate surface area is 109 Å². The van der Waals surface area contributed by atoms with E-state index in [-0.39, 0.29) is 11.8 Å². The maximum atomic E-state index is 11.8. The minimum absolute atomic E-state index is 0.103. The quantitative estimate of drug-likeness (QED) is 0.619. The Morgan fingerprint density at radius 1 is 1.28 bits per heavy atom. The van der Waals surface area contributed by atoms with Gasteiger partial charge in [0.05, 0.1) is 0 Å². The molecule has 0 aromatic rings. The average molecular weight is 259 g/mol. The number of unbranched alkanes of at least 4 members (excludes halogenated alkanes) is 1. The van der Waals surface area contributed by atoms with Gasteiger partial charge in [-0.1, -0.05) is 33.6 Å². The van der Waals surface area contributed by atoms with Crippen molar-refractivity contribution < 1.29 is 19.4 Å². The molecule has 0 aliphatic heterocycles. The minimum Gasteiger partial charge on any atom is -0.480 e. The standard InChI is InChI=1S/C13H25NO4/c1-5-7-8-18-10(4)12(15)14-11(13(16)17)9(3)6-2/h9-11H,5-8H2,1-4H3,(H,14,15)(H,16,17)/t9-,10?,11-/m0/s1. The minimum atomic E-state index is -1.00. The first kappa shape index (κ1) is 16.9. The molecule has 0 bridgehead atoms. The number of amides is 1. The summed E-state index contributed by atoms with van der Waals surface area (Å²) in [5.41, 5.74) is 0. The van der Waals surface area contributed by atoms with E-state index < -0.39 is 18.1 Å². The highest BCUT2D eigenvalue weighted by Gasteiger charge is 2.27.